The second kappa shape index (κ2) is 8.80. The number of fused-ring (bicyclic) bond motifs is 2. The molecule has 1 aliphatic rings. The summed E-state index contributed by atoms with van der Waals surface area (Å²) in [4.78, 5) is 18.9. The molecular weight excluding hydrogens is 441 g/mol. The number of para-hydroxylation sites is 2. The number of alkyl halides is 1. The molecule has 0 saturated carbocycles. The predicted octanol–water partition coefficient (Wildman–Crippen LogP) is 5.11. The predicted molar refractivity (Wildman–Crippen MR) is 109 cm³/mol. The average Bonchev–Trinajstić information content (AvgIpc) is 2.72. The summed E-state index contributed by atoms with van der Waals surface area (Å²) in [6.07, 6.45) is 1.68. The summed E-state index contributed by atoms with van der Waals surface area (Å²) in [5.74, 6) is 0.589. The number of carbonyl (C=O) groups excluding carboxylic acids is 1. The number of ether oxygens (including phenoxy) is 2. The Kier molecular flexibility index (Phi) is 6.22. The number of hydrogen-bond acceptors (Lipinski definition) is 4. The Balaban J connectivity index is 0.000000948. The third-order valence-electron chi connectivity index (χ3n) is 4.00. The van der Waals surface area contributed by atoms with Gasteiger partial charge in [0.15, 0.2) is 0 Å². The van der Waals surface area contributed by atoms with E-state index < -0.39 is 5.92 Å². The fraction of sp³-hybridized carbons (Fsp3) is 0.143. The third kappa shape index (κ3) is 3.88. The van der Waals surface area contributed by atoms with Gasteiger partial charge in [-0.2, -0.15) is 0 Å². The molecule has 0 unspecified atom stereocenters. The van der Waals surface area contributed by atoms with E-state index in [1.807, 2.05) is 71.7 Å². The van der Waals surface area contributed by atoms with Crippen LogP contribution >= 0.6 is 22.6 Å². The maximum Gasteiger partial charge on any atom is 0.318 e. The molecule has 0 radical (unpaired) electrons. The van der Waals surface area contributed by atoms with Gasteiger partial charge in [0.25, 0.3) is 0 Å². The first-order chi connectivity index (χ1) is 12.8. The lowest BCUT2D eigenvalue weighted by molar-refractivity contribution is -0.146. The number of pyridine rings is 1. The van der Waals surface area contributed by atoms with Gasteiger partial charge in [-0.3, -0.25) is 9.78 Å². The second-order valence-corrected chi connectivity index (χ2v) is 5.54. The molecule has 3 aromatic rings. The van der Waals surface area contributed by atoms with Crippen molar-refractivity contribution in [2.45, 2.75) is 12.5 Å². The van der Waals surface area contributed by atoms with Crippen molar-refractivity contribution in [1.29, 1.82) is 0 Å². The van der Waals surface area contributed by atoms with Crippen LogP contribution in [0.3, 0.4) is 0 Å². The van der Waals surface area contributed by atoms with Gasteiger partial charge < -0.3 is 9.47 Å². The van der Waals surface area contributed by atoms with Crippen molar-refractivity contribution in [3.8, 4) is 11.5 Å². The quantitative estimate of drug-likeness (QED) is 0.310. The van der Waals surface area contributed by atoms with Crippen LogP contribution in [-0.4, -0.2) is 15.9 Å². The summed E-state index contributed by atoms with van der Waals surface area (Å²) < 4.78 is 11.4. The molecule has 4 nitrogen and oxygen atoms in total. The number of nitrogens with zero attached hydrogens (tertiary/aromatic N) is 1. The molecule has 0 atom stereocenters. The van der Waals surface area contributed by atoms with E-state index in [0.717, 1.165) is 16.8 Å². The highest BCUT2D eigenvalue weighted by Gasteiger charge is 2.33. The monoisotopic (exact) mass is 459 g/mol. The minimum absolute atomic E-state index is 0.154. The molecule has 132 valence electrons. The summed E-state index contributed by atoms with van der Waals surface area (Å²) in [7, 11) is 0. The molecule has 0 saturated heterocycles. The number of hydrogen-bond donors (Lipinski definition) is 0. The van der Waals surface area contributed by atoms with Crippen molar-refractivity contribution in [3.05, 3.63) is 89.7 Å². The van der Waals surface area contributed by atoms with E-state index in [1.54, 1.807) is 6.20 Å². The minimum Gasteiger partial charge on any atom is -0.458 e. The average molecular weight is 459 g/mol. The third-order valence-corrected chi connectivity index (χ3v) is 4.00. The molecule has 1 aliphatic heterocycles. The molecule has 0 aliphatic carbocycles. The normalized spacial score (nSPS) is 11.9. The Hall–Kier alpha value is -2.41. The van der Waals surface area contributed by atoms with E-state index in [-0.39, 0.29) is 12.6 Å². The van der Waals surface area contributed by atoms with Crippen LogP contribution in [0.15, 0.2) is 72.9 Å². The van der Waals surface area contributed by atoms with Crippen molar-refractivity contribution in [1.82, 2.24) is 4.98 Å². The maximum atomic E-state index is 12.8. The highest BCUT2D eigenvalue weighted by atomic mass is 127. The molecule has 5 heteroatoms. The van der Waals surface area contributed by atoms with E-state index in [9.17, 15) is 4.79 Å². The second-order valence-electron chi connectivity index (χ2n) is 5.54. The fourth-order valence-corrected chi connectivity index (χ4v) is 2.88. The first-order valence-corrected chi connectivity index (χ1v) is 10.3. The van der Waals surface area contributed by atoms with E-state index in [4.69, 9.17) is 9.47 Å². The Labute approximate surface area is 166 Å². The SMILES string of the molecule is CI.O=C(OCc1ccccn1)C1c2ccccc2Oc2ccccc21. The van der Waals surface area contributed by atoms with Crippen LogP contribution in [0.25, 0.3) is 0 Å². The standard InChI is InChI=1S/C20H15NO3.CH3I/c22-20(23-13-14-7-5-6-12-21-14)19-15-8-1-3-10-17(15)24-18-11-4-2-9-16(18)19;1-2/h1-12,19H,13H2;1H3. The number of rotatable bonds is 3. The zero-order valence-electron chi connectivity index (χ0n) is 14.3. The van der Waals surface area contributed by atoms with Gasteiger partial charge in [0.1, 0.15) is 24.0 Å². The molecule has 0 N–H and O–H groups in total. The molecule has 2 heterocycles. The zero-order valence-corrected chi connectivity index (χ0v) is 16.4. The highest BCUT2D eigenvalue weighted by molar-refractivity contribution is 14.1. The van der Waals surface area contributed by atoms with Gasteiger partial charge in [0.2, 0.25) is 0 Å². The van der Waals surface area contributed by atoms with Crippen LogP contribution in [0.2, 0.25) is 0 Å². The Morgan fingerprint density at radius 2 is 1.54 bits per heavy atom. The first-order valence-electron chi connectivity index (χ1n) is 8.13. The Bertz CT molecular complexity index is 838. The molecule has 1 aromatic heterocycles. The van der Waals surface area contributed by atoms with Crippen LogP contribution in [-0.2, 0) is 16.1 Å². The van der Waals surface area contributed by atoms with Crippen LogP contribution in [0, 0.1) is 0 Å². The smallest absolute Gasteiger partial charge is 0.318 e. The van der Waals surface area contributed by atoms with Gasteiger partial charge in [-0.05, 0) is 29.2 Å². The largest absolute Gasteiger partial charge is 0.458 e. The topological polar surface area (TPSA) is 48.4 Å². The van der Waals surface area contributed by atoms with Gasteiger partial charge in [-0.1, -0.05) is 65.1 Å². The number of halogens is 1. The summed E-state index contributed by atoms with van der Waals surface area (Å²) in [5.41, 5.74) is 2.36. The lowest BCUT2D eigenvalue weighted by Crippen LogP contribution is -2.21. The molecule has 0 amide bonds. The highest BCUT2D eigenvalue weighted by Crippen LogP contribution is 2.44. The van der Waals surface area contributed by atoms with Crippen molar-refractivity contribution in [3.63, 3.8) is 0 Å². The van der Waals surface area contributed by atoms with Crippen LogP contribution < -0.4 is 4.74 Å². The molecule has 4 rings (SSSR count). The summed E-state index contributed by atoms with van der Waals surface area (Å²) in [5, 5.41) is 0. The maximum absolute atomic E-state index is 12.8. The van der Waals surface area contributed by atoms with E-state index >= 15 is 0 Å². The summed E-state index contributed by atoms with van der Waals surface area (Å²) in [6.45, 7) is 0.154. The van der Waals surface area contributed by atoms with E-state index in [1.165, 1.54) is 0 Å². The van der Waals surface area contributed by atoms with Crippen LogP contribution in [0.5, 0.6) is 11.5 Å². The molecule has 0 spiro atoms. The lowest BCUT2D eigenvalue weighted by Gasteiger charge is -2.26. The zero-order chi connectivity index (χ0) is 18.4. The molecule has 0 fully saturated rings. The van der Waals surface area contributed by atoms with Gasteiger partial charge >= 0.3 is 5.97 Å². The van der Waals surface area contributed by atoms with Gasteiger partial charge in [-0.25, -0.2) is 0 Å². The van der Waals surface area contributed by atoms with Gasteiger partial charge in [0.05, 0.1) is 5.69 Å². The Morgan fingerprint density at radius 3 is 2.12 bits per heavy atom. The summed E-state index contributed by atoms with van der Waals surface area (Å²) >= 11 is 2.15. The van der Waals surface area contributed by atoms with Gasteiger partial charge in [-0.15, -0.1) is 0 Å². The number of aromatic nitrogens is 1. The van der Waals surface area contributed by atoms with Crippen LogP contribution in [0.4, 0.5) is 0 Å². The minimum atomic E-state index is -0.491. The van der Waals surface area contributed by atoms with Crippen molar-refractivity contribution >= 4 is 28.6 Å². The van der Waals surface area contributed by atoms with Crippen molar-refractivity contribution in [2.75, 3.05) is 4.93 Å². The molecule has 0 bridgehead atoms. The fourth-order valence-electron chi connectivity index (χ4n) is 2.88. The van der Waals surface area contributed by atoms with Crippen LogP contribution in [0.1, 0.15) is 22.7 Å². The molecule has 2 aromatic carbocycles. The summed E-state index contributed by atoms with van der Waals surface area (Å²) in [6, 6.07) is 20.6. The molecule has 26 heavy (non-hydrogen) atoms. The number of benzene rings is 2. The lowest BCUT2D eigenvalue weighted by atomic mass is 9.88. The van der Waals surface area contributed by atoms with Crippen molar-refractivity contribution < 1.29 is 14.3 Å². The van der Waals surface area contributed by atoms with E-state index in [0.29, 0.717) is 11.5 Å². The Morgan fingerprint density at radius 1 is 0.962 bits per heavy atom. The first kappa shape index (κ1) is 18.4. The number of carbonyl (C=O) groups is 1. The number of esters is 1. The van der Waals surface area contributed by atoms with Gasteiger partial charge in [0, 0.05) is 17.3 Å². The molecular formula is C21H18INO3. The van der Waals surface area contributed by atoms with E-state index in [2.05, 4.69) is 27.6 Å². The van der Waals surface area contributed by atoms with Crippen molar-refractivity contribution in [2.24, 2.45) is 0 Å².